The van der Waals surface area contributed by atoms with Crippen molar-refractivity contribution in [3.63, 3.8) is 0 Å². The molecule has 1 aromatic carbocycles. The van der Waals surface area contributed by atoms with Gasteiger partial charge in [-0.05, 0) is 32.0 Å². The maximum atomic E-state index is 12.2. The van der Waals surface area contributed by atoms with Crippen LogP contribution in [-0.2, 0) is 4.79 Å². The number of likely N-dealkylation sites (tertiary alicyclic amines) is 1. The van der Waals surface area contributed by atoms with E-state index in [1.165, 1.54) is 0 Å². The molecule has 1 aromatic rings. The fourth-order valence-corrected chi connectivity index (χ4v) is 3.96. The summed E-state index contributed by atoms with van der Waals surface area (Å²) >= 11 is 1.79. The number of hydrogen-bond donors (Lipinski definition) is 1. The molecule has 2 saturated heterocycles. The highest BCUT2D eigenvalue weighted by Gasteiger charge is 2.48. The third kappa shape index (κ3) is 2.44. The summed E-state index contributed by atoms with van der Waals surface area (Å²) in [6.45, 7) is 2.10. The molecule has 2 aliphatic rings. The minimum Gasteiger partial charge on any atom is -0.306 e. The van der Waals surface area contributed by atoms with Crippen LogP contribution in [0.3, 0.4) is 0 Å². The SMILES string of the molecule is CN1CCC2(CC1)SCC(=O)N2Nc1ccccc1. The minimum absolute atomic E-state index is 0.0561. The van der Waals surface area contributed by atoms with Crippen molar-refractivity contribution in [2.45, 2.75) is 17.7 Å². The van der Waals surface area contributed by atoms with E-state index in [1.807, 2.05) is 35.3 Å². The standard InChI is InChI=1S/C14H19N3OS/c1-16-9-7-14(8-10-16)17(13(18)11-19-14)15-12-5-3-2-4-6-12/h2-6,15H,7-11H2,1H3. The molecule has 0 saturated carbocycles. The molecule has 0 radical (unpaired) electrons. The Kier molecular flexibility index (Phi) is 3.41. The average Bonchev–Trinajstić information content (AvgIpc) is 2.73. The molecular weight excluding hydrogens is 258 g/mol. The van der Waals surface area contributed by atoms with Crippen LogP contribution < -0.4 is 5.43 Å². The van der Waals surface area contributed by atoms with Crippen LogP contribution in [0, 0.1) is 0 Å². The Morgan fingerprint density at radius 3 is 2.58 bits per heavy atom. The summed E-state index contributed by atoms with van der Waals surface area (Å²) in [6, 6.07) is 9.95. The summed E-state index contributed by atoms with van der Waals surface area (Å²) in [4.78, 5) is 14.4. The maximum absolute atomic E-state index is 12.2. The molecule has 0 atom stereocenters. The Balaban J connectivity index is 1.79. The van der Waals surface area contributed by atoms with Crippen molar-refractivity contribution >= 4 is 23.4 Å². The molecule has 3 rings (SSSR count). The molecule has 0 aliphatic carbocycles. The Labute approximate surface area is 118 Å². The zero-order chi connectivity index (χ0) is 13.3. The van der Waals surface area contributed by atoms with Crippen molar-refractivity contribution in [2.75, 3.05) is 31.3 Å². The van der Waals surface area contributed by atoms with Crippen molar-refractivity contribution in [1.29, 1.82) is 0 Å². The maximum Gasteiger partial charge on any atom is 0.252 e. The smallest absolute Gasteiger partial charge is 0.252 e. The van der Waals surface area contributed by atoms with Crippen LogP contribution in [0.1, 0.15) is 12.8 Å². The highest BCUT2D eigenvalue weighted by Crippen LogP contribution is 2.44. The van der Waals surface area contributed by atoms with E-state index in [-0.39, 0.29) is 10.8 Å². The Bertz CT molecular complexity index is 457. The van der Waals surface area contributed by atoms with Gasteiger partial charge < -0.3 is 4.90 Å². The van der Waals surface area contributed by atoms with E-state index in [9.17, 15) is 4.79 Å². The Hall–Kier alpha value is -1.20. The van der Waals surface area contributed by atoms with Gasteiger partial charge in [0.05, 0.1) is 11.4 Å². The molecule has 1 N–H and O–H groups in total. The molecule has 2 fully saturated rings. The normalized spacial score (nSPS) is 23.0. The van der Waals surface area contributed by atoms with Crippen LogP contribution in [0.4, 0.5) is 5.69 Å². The van der Waals surface area contributed by atoms with E-state index in [4.69, 9.17) is 0 Å². The zero-order valence-electron chi connectivity index (χ0n) is 11.1. The molecular formula is C14H19N3OS. The van der Waals surface area contributed by atoms with Crippen molar-refractivity contribution in [2.24, 2.45) is 0 Å². The molecule has 102 valence electrons. The third-order valence-corrected chi connectivity index (χ3v) is 5.42. The van der Waals surface area contributed by atoms with E-state index in [0.29, 0.717) is 5.75 Å². The van der Waals surface area contributed by atoms with Gasteiger partial charge in [-0.1, -0.05) is 18.2 Å². The van der Waals surface area contributed by atoms with Crippen molar-refractivity contribution in [3.8, 4) is 0 Å². The number of nitrogens with zero attached hydrogens (tertiary/aromatic N) is 2. The van der Waals surface area contributed by atoms with Crippen molar-refractivity contribution < 1.29 is 4.79 Å². The average molecular weight is 277 g/mol. The fourth-order valence-electron chi connectivity index (χ4n) is 2.69. The molecule has 0 bridgehead atoms. The lowest BCUT2D eigenvalue weighted by molar-refractivity contribution is -0.129. The van der Waals surface area contributed by atoms with E-state index in [1.54, 1.807) is 11.8 Å². The van der Waals surface area contributed by atoms with Crippen LogP contribution in [-0.4, -0.2) is 46.6 Å². The van der Waals surface area contributed by atoms with Gasteiger partial charge in [-0.15, -0.1) is 11.8 Å². The summed E-state index contributed by atoms with van der Waals surface area (Å²) in [7, 11) is 2.14. The van der Waals surface area contributed by atoms with Crippen LogP contribution in [0.25, 0.3) is 0 Å². The summed E-state index contributed by atoms with van der Waals surface area (Å²) in [5.74, 6) is 0.780. The lowest BCUT2D eigenvalue weighted by Gasteiger charge is -2.43. The van der Waals surface area contributed by atoms with Gasteiger partial charge in [0.2, 0.25) is 0 Å². The molecule has 1 spiro atoms. The second-order valence-corrected chi connectivity index (χ2v) is 6.58. The quantitative estimate of drug-likeness (QED) is 0.897. The number of hydrogen-bond acceptors (Lipinski definition) is 4. The highest BCUT2D eigenvalue weighted by atomic mass is 32.2. The van der Waals surface area contributed by atoms with Crippen LogP contribution >= 0.6 is 11.8 Å². The first-order valence-electron chi connectivity index (χ1n) is 6.67. The predicted molar refractivity (Wildman–Crippen MR) is 78.8 cm³/mol. The van der Waals surface area contributed by atoms with Gasteiger partial charge in [0.15, 0.2) is 0 Å². The van der Waals surface area contributed by atoms with Crippen LogP contribution in [0.2, 0.25) is 0 Å². The first-order chi connectivity index (χ1) is 9.20. The topological polar surface area (TPSA) is 35.6 Å². The third-order valence-electron chi connectivity index (χ3n) is 3.90. The number of piperidine rings is 1. The van der Waals surface area contributed by atoms with Crippen molar-refractivity contribution in [1.82, 2.24) is 9.91 Å². The summed E-state index contributed by atoms with van der Waals surface area (Å²) in [5, 5.41) is 1.88. The number of thioether (sulfide) groups is 1. The van der Waals surface area contributed by atoms with E-state index in [2.05, 4.69) is 17.4 Å². The number of anilines is 1. The summed E-state index contributed by atoms with van der Waals surface area (Å²) in [6.07, 6.45) is 2.06. The van der Waals surface area contributed by atoms with Gasteiger partial charge in [0, 0.05) is 13.1 Å². The molecule has 4 nitrogen and oxygen atoms in total. The summed E-state index contributed by atoms with van der Waals surface area (Å²) in [5.41, 5.74) is 4.29. The Morgan fingerprint density at radius 2 is 1.89 bits per heavy atom. The molecule has 0 aromatic heterocycles. The van der Waals surface area contributed by atoms with Crippen LogP contribution in [0.5, 0.6) is 0 Å². The molecule has 0 unspecified atom stereocenters. The number of carbonyl (C=O) groups excluding carboxylic acids is 1. The number of carbonyl (C=O) groups is 1. The van der Waals surface area contributed by atoms with Gasteiger partial charge in [-0.2, -0.15) is 0 Å². The molecule has 19 heavy (non-hydrogen) atoms. The molecule has 2 aliphatic heterocycles. The second-order valence-electron chi connectivity index (χ2n) is 5.25. The fraction of sp³-hybridized carbons (Fsp3) is 0.500. The predicted octanol–water partition coefficient (Wildman–Crippen LogP) is 2.01. The highest BCUT2D eigenvalue weighted by molar-refractivity contribution is 8.01. The van der Waals surface area contributed by atoms with E-state index in [0.717, 1.165) is 31.6 Å². The van der Waals surface area contributed by atoms with Gasteiger partial charge in [-0.3, -0.25) is 10.2 Å². The van der Waals surface area contributed by atoms with Crippen molar-refractivity contribution in [3.05, 3.63) is 30.3 Å². The largest absolute Gasteiger partial charge is 0.306 e. The summed E-state index contributed by atoms with van der Waals surface area (Å²) < 4.78 is 0. The first-order valence-corrected chi connectivity index (χ1v) is 7.65. The molecule has 2 heterocycles. The van der Waals surface area contributed by atoms with Gasteiger partial charge in [0.1, 0.15) is 4.87 Å². The lowest BCUT2D eigenvalue weighted by atomic mass is 10.0. The number of amides is 1. The second kappa shape index (κ2) is 5.06. The van der Waals surface area contributed by atoms with Crippen LogP contribution in [0.15, 0.2) is 30.3 Å². The van der Waals surface area contributed by atoms with Gasteiger partial charge in [0.25, 0.3) is 5.91 Å². The number of para-hydroxylation sites is 1. The molecule has 5 heteroatoms. The first kappa shape index (κ1) is 12.8. The number of rotatable bonds is 2. The van der Waals surface area contributed by atoms with Gasteiger partial charge in [-0.25, -0.2) is 5.01 Å². The number of nitrogens with one attached hydrogen (secondary N) is 1. The van der Waals surface area contributed by atoms with E-state index < -0.39 is 0 Å². The minimum atomic E-state index is -0.0561. The molecule has 1 amide bonds. The van der Waals surface area contributed by atoms with Gasteiger partial charge >= 0.3 is 0 Å². The van der Waals surface area contributed by atoms with E-state index >= 15 is 0 Å². The Morgan fingerprint density at radius 1 is 1.21 bits per heavy atom. The zero-order valence-corrected chi connectivity index (χ0v) is 11.9. The monoisotopic (exact) mass is 277 g/mol. The number of benzene rings is 1. The number of hydrazine groups is 1. The lowest BCUT2D eigenvalue weighted by Crippen LogP contribution is -2.53.